The molecular weight excluding hydrogens is 270 g/mol. The minimum atomic E-state index is -0.983. The predicted molar refractivity (Wildman–Crippen MR) is 78.3 cm³/mol. The van der Waals surface area contributed by atoms with Crippen molar-refractivity contribution in [2.75, 3.05) is 7.11 Å². The molecule has 106 valence electrons. The maximum absolute atomic E-state index is 10.9. The van der Waals surface area contributed by atoms with Crippen LogP contribution >= 0.6 is 0 Å². The van der Waals surface area contributed by atoms with Crippen molar-refractivity contribution < 1.29 is 19.4 Å². The molecule has 3 aromatic rings. The fourth-order valence-electron chi connectivity index (χ4n) is 2.07. The van der Waals surface area contributed by atoms with Crippen molar-refractivity contribution in [3.63, 3.8) is 0 Å². The summed E-state index contributed by atoms with van der Waals surface area (Å²) in [5.41, 5.74) is 0.918. The summed E-state index contributed by atoms with van der Waals surface area (Å²) in [4.78, 5) is 13.8. The van der Waals surface area contributed by atoms with Crippen molar-refractivity contribution in [3.8, 4) is 17.2 Å². The van der Waals surface area contributed by atoms with Crippen LogP contribution in [0.2, 0.25) is 0 Å². The Kier molecular flexibility index (Phi) is 3.23. The minimum absolute atomic E-state index is 0.159. The van der Waals surface area contributed by atoms with Gasteiger partial charge in [-0.1, -0.05) is 0 Å². The molecule has 0 aliphatic heterocycles. The fraction of sp³-hybridized carbons (Fsp3) is 0.0625. The number of carboxylic acid groups (broad SMARTS) is 1. The van der Waals surface area contributed by atoms with Crippen molar-refractivity contribution in [1.29, 1.82) is 0 Å². The largest absolute Gasteiger partial charge is 0.497 e. The molecule has 0 saturated heterocycles. The summed E-state index contributed by atoms with van der Waals surface area (Å²) in [7, 11) is 1.61. The lowest BCUT2D eigenvalue weighted by molar-refractivity contribution is 0.0691. The molecule has 1 aromatic heterocycles. The molecule has 5 heteroatoms. The summed E-state index contributed by atoms with van der Waals surface area (Å²) in [6, 6.07) is 14.2. The number of nitrogens with one attached hydrogen (secondary N) is 1. The van der Waals surface area contributed by atoms with Crippen LogP contribution in [0.3, 0.4) is 0 Å². The highest BCUT2D eigenvalue weighted by Crippen LogP contribution is 2.27. The molecule has 2 aromatic carbocycles. The molecule has 0 fully saturated rings. The van der Waals surface area contributed by atoms with Crippen LogP contribution in [0.5, 0.6) is 17.2 Å². The van der Waals surface area contributed by atoms with E-state index in [1.165, 1.54) is 0 Å². The molecule has 0 aliphatic rings. The molecule has 0 radical (unpaired) electrons. The summed E-state index contributed by atoms with van der Waals surface area (Å²) in [6.45, 7) is 0. The van der Waals surface area contributed by atoms with E-state index in [1.807, 2.05) is 24.3 Å². The number of benzene rings is 2. The monoisotopic (exact) mass is 283 g/mol. The van der Waals surface area contributed by atoms with Crippen LogP contribution in [0, 0.1) is 0 Å². The van der Waals surface area contributed by atoms with Crippen LogP contribution in [0.25, 0.3) is 10.9 Å². The van der Waals surface area contributed by atoms with Crippen molar-refractivity contribution in [2.45, 2.75) is 0 Å². The number of aromatic nitrogens is 1. The lowest BCUT2D eigenvalue weighted by Gasteiger charge is -2.06. The number of hydrogen-bond acceptors (Lipinski definition) is 3. The summed E-state index contributed by atoms with van der Waals surface area (Å²) >= 11 is 0. The van der Waals surface area contributed by atoms with Gasteiger partial charge in [0, 0.05) is 10.9 Å². The van der Waals surface area contributed by atoms with Gasteiger partial charge in [-0.25, -0.2) is 4.79 Å². The Bertz CT molecular complexity index is 790. The zero-order chi connectivity index (χ0) is 14.8. The smallest absolute Gasteiger partial charge is 0.352 e. The topological polar surface area (TPSA) is 71.5 Å². The first kappa shape index (κ1) is 13.1. The normalized spacial score (nSPS) is 10.5. The molecule has 0 saturated carbocycles. The number of rotatable bonds is 4. The third-order valence-electron chi connectivity index (χ3n) is 3.12. The van der Waals surface area contributed by atoms with Gasteiger partial charge in [0.05, 0.1) is 7.11 Å². The molecule has 1 heterocycles. The number of ether oxygens (including phenoxy) is 2. The average Bonchev–Trinajstić information content (AvgIpc) is 2.91. The number of methoxy groups -OCH3 is 1. The van der Waals surface area contributed by atoms with E-state index in [9.17, 15) is 4.79 Å². The molecule has 5 nitrogen and oxygen atoms in total. The van der Waals surface area contributed by atoms with Crippen LogP contribution in [-0.2, 0) is 0 Å². The first-order chi connectivity index (χ1) is 10.2. The average molecular weight is 283 g/mol. The second-order valence-electron chi connectivity index (χ2n) is 4.51. The maximum Gasteiger partial charge on any atom is 0.352 e. The molecule has 0 bridgehead atoms. The number of fused-ring (bicyclic) bond motifs is 1. The van der Waals surface area contributed by atoms with E-state index in [0.717, 1.165) is 16.7 Å². The minimum Gasteiger partial charge on any atom is -0.497 e. The van der Waals surface area contributed by atoms with Gasteiger partial charge in [0.2, 0.25) is 0 Å². The second kappa shape index (κ2) is 5.20. The summed E-state index contributed by atoms with van der Waals surface area (Å²) in [5, 5.41) is 9.76. The number of carboxylic acids is 1. The molecule has 0 spiro atoms. The van der Waals surface area contributed by atoms with Crippen LogP contribution in [-0.4, -0.2) is 23.2 Å². The van der Waals surface area contributed by atoms with E-state index in [2.05, 4.69) is 4.98 Å². The highest BCUT2D eigenvalue weighted by Gasteiger charge is 2.08. The van der Waals surface area contributed by atoms with Gasteiger partial charge in [-0.2, -0.15) is 0 Å². The Morgan fingerprint density at radius 3 is 2.33 bits per heavy atom. The van der Waals surface area contributed by atoms with Gasteiger partial charge >= 0.3 is 5.97 Å². The standard InChI is InChI=1S/C16H13NO4/c1-20-11-2-4-12(5-3-11)21-13-6-7-14-10(8-13)9-15(17-14)16(18)19/h2-9,17H,1H3,(H,18,19). The third kappa shape index (κ3) is 2.67. The van der Waals surface area contributed by atoms with E-state index < -0.39 is 5.97 Å². The molecule has 0 unspecified atom stereocenters. The highest BCUT2D eigenvalue weighted by molar-refractivity contribution is 5.94. The van der Waals surface area contributed by atoms with Crippen LogP contribution in [0.4, 0.5) is 0 Å². The third-order valence-corrected chi connectivity index (χ3v) is 3.12. The Labute approximate surface area is 120 Å². The number of aromatic carboxylic acids is 1. The highest BCUT2D eigenvalue weighted by atomic mass is 16.5. The molecule has 0 amide bonds. The number of aromatic amines is 1. The van der Waals surface area contributed by atoms with Crippen molar-refractivity contribution in [1.82, 2.24) is 4.98 Å². The van der Waals surface area contributed by atoms with Gasteiger partial charge in [0.1, 0.15) is 22.9 Å². The van der Waals surface area contributed by atoms with Gasteiger partial charge in [-0.15, -0.1) is 0 Å². The van der Waals surface area contributed by atoms with Crippen LogP contribution in [0.1, 0.15) is 10.5 Å². The molecule has 0 aliphatic carbocycles. The van der Waals surface area contributed by atoms with Gasteiger partial charge in [0.25, 0.3) is 0 Å². The first-order valence-electron chi connectivity index (χ1n) is 6.34. The van der Waals surface area contributed by atoms with Crippen LogP contribution < -0.4 is 9.47 Å². The maximum atomic E-state index is 10.9. The number of H-pyrrole nitrogens is 1. The second-order valence-corrected chi connectivity index (χ2v) is 4.51. The first-order valence-corrected chi connectivity index (χ1v) is 6.34. The van der Waals surface area contributed by atoms with E-state index in [4.69, 9.17) is 14.6 Å². The molecular formula is C16H13NO4. The lowest BCUT2D eigenvalue weighted by Crippen LogP contribution is -1.94. The Hall–Kier alpha value is -2.95. The van der Waals surface area contributed by atoms with Gasteiger partial charge in [0.15, 0.2) is 0 Å². The van der Waals surface area contributed by atoms with Crippen molar-refractivity contribution in [3.05, 3.63) is 54.2 Å². The van der Waals surface area contributed by atoms with Gasteiger partial charge < -0.3 is 19.6 Å². The summed E-state index contributed by atoms with van der Waals surface area (Å²) < 4.78 is 10.8. The van der Waals surface area contributed by atoms with E-state index in [-0.39, 0.29) is 5.69 Å². The Morgan fingerprint density at radius 1 is 1.00 bits per heavy atom. The van der Waals surface area contributed by atoms with Gasteiger partial charge in [-0.3, -0.25) is 0 Å². The Morgan fingerprint density at radius 2 is 1.67 bits per heavy atom. The molecule has 21 heavy (non-hydrogen) atoms. The summed E-state index contributed by atoms with van der Waals surface area (Å²) in [6.07, 6.45) is 0. The summed E-state index contributed by atoms with van der Waals surface area (Å²) in [5.74, 6) is 1.10. The number of carbonyl (C=O) groups is 1. The van der Waals surface area contributed by atoms with E-state index in [1.54, 1.807) is 31.4 Å². The zero-order valence-corrected chi connectivity index (χ0v) is 11.3. The van der Waals surface area contributed by atoms with Crippen LogP contribution in [0.15, 0.2) is 48.5 Å². The van der Waals surface area contributed by atoms with E-state index >= 15 is 0 Å². The molecule has 2 N–H and O–H groups in total. The zero-order valence-electron chi connectivity index (χ0n) is 11.3. The molecule has 0 atom stereocenters. The van der Waals surface area contributed by atoms with Crippen molar-refractivity contribution in [2.24, 2.45) is 0 Å². The fourth-order valence-corrected chi connectivity index (χ4v) is 2.07. The number of hydrogen-bond donors (Lipinski definition) is 2. The SMILES string of the molecule is COc1ccc(Oc2ccc3[nH]c(C(=O)O)cc3c2)cc1. The van der Waals surface area contributed by atoms with Crippen molar-refractivity contribution >= 4 is 16.9 Å². The molecule has 3 rings (SSSR count). The lowest BCUT2D eigenvalue weighted by atomic mass is 10.2. The van der Waals surface area contributed by atoms with Gasteiger partial charge in [-0.05, 0) is 48.5 Å². The quantitative estimate of drug-likeness (QED) is 0.766. The predicted octanol–water partition coefficient (Wildman–Crippen LogP) is 3.67. The van der Waals surface area contributed by atoms with E-state index in [0.29, 0.717) is 11.5 Å². The Balaban J connectivity index is 1.87.